The van der Waals surface area contributed by atoms with Crippen LogP contribution in [0.25, 0.3) is 0 Å². The van der Waals surface area contributed by atoms with E-state index in [-0.39, 0.29) is 24.4 Å². The van der Waals surface area contributed by atoms with Crippen molar-refractivity contribution in [1.82, 2.24) is 10.0 Å². The van der Waals surface area contributed by atoms with E-state index in [0.29, 0.717) is 4.47 Å². The fourth-order valence-electron chi connectivity index (χ4n) is 2.16. The highest BCUT2D eigenvalue weighted by atomic mass is 79.9. The molecule has 28 heavy (non-hydrogen) atoms. The van der Waals surface area contributed by atoms with Gasteiger partial charge in [0.25, 0.3) is 11.5 Å². The van der Waals surface area contributed by atoms with Gasteiger partial charge >= 0.3 is 0 Å². The molecule has 0 bridgehead atoms. The van der Waals surface area contributed by atoms with Crippen molar-refractivity contribution in [2.75, 3.05) is 11.9 Å². The minimum atomic E-state index is -1.24. The Balaban J connectivity index is 2.49. The smallest absolute Gasteiger partial charge is 0.288 e. The van der Waals surface area contributed by atoms with Gasteiger partial charge in [0.2, 0.25) is 5.82 Å². The highest BCUT2D eigenvalue weighted by Crippen LogP contribution is 2.26. The first-order valence-corrected chi connectivity index (χ1v) is 9.13. The van der Waals surface area contributed by atoms with Crippen molar-refractivity contribution in [2.24, 2.45) is 0 Å². The zero-order valence-electron chi connectivity index (χ0n) is 15.5. The Morgan fingerprint density at radius 1 is 1.36 bits per heavy atom. The molecule has 0 aliphatic carbocycles. The quantitative estimate of drug-likeness (QED) is 0.553. The molecule has 1 amide bonds. The van der Waals surface area contributed by atoms with Crippen molar-refractivity contribution in [1.29, 1.82) is 0 Å². The number of nitrogens with zero attached hydrogens (tertiary/aromatic N) is 1. The zero-order valence-corrected chi connectivity index (χ0v) is 17.1. The molecule has 7 nitrogen and oxygen atoms in total. The molecule has 0 unspecified atom stereocenters. The van der Waals surface area contributed by atoms with Gasteiger partial charge in [0.1, 0.15) is 11.4 Å². The third-order valence-electron chi connectivity index (χ3n) is 3.80. The number of amides is 1. The highest BCUT2D eigenvalue weighted by molar-refractivity contribution is 9.10. The summed E-state index contributed by atoms with van der Waals surface area (Å²) in [4.78, 5) is 29.8. The predicted octanol–water partition coefficient (Wildman–Crippen LogP) is 3.08. The first-order chi connectivity index (χ1) is 13.1. The van der Waals surface area contributed by atoms with Crippen LogP contribution in [0.3, 0.4) is 0 Å². The monoisotopic (exact) mass is 459 g/mol. The number of hydroxylamine groups is 1. The van der Waals surface area contributed by atoms with Crippen molar-refractivity contribution in [3.8, 4) is 0 Å². The van der Waals surface area contributed by atoms with E-state index < -0.39 is 34.4 Å². The average Bonchev–Trinajstić information content (AvgIpc) is 2.65. The summed E-state index contributed by atoms with van der Waals surface area (Å²) in [6.45, 7) is 4.39. The molecule has 1 aromatic heterocycles. The number of hydrogen-bond donors (Lipinski definition) is 3. The number of aryl methyl sites for hydroxylation is 1. The van der Waals surface area contributed by atoms with Gasteiger partial charge in [0.05, 0.1) is 23.5 Å². The van der Waals surface area contributed by atoms with E-state index in [0.717, 1.165) is 16.8 Å². The van der Waals surface area contributed by atoms with Gasteiger partial charge in [-0.1, -0.05) is 15.9 Å². The number of hydrogen-bond acceptors (Lipinski definition) is 5. The molecule has 152 valence electrons. The minimum absolute atomic E-state index is 0.117. The highest BCUT2D eigenvalue weighted by Gasteiger charge is 2.24. The number of carbonyl (C=O) groups excluding carboxylic acids is 1. The minimum Gasteiger partial charge on any atom is -0.393 e. The van der Waals surface area contributed by atoms with E-state index in [2.05, 4.69) is 26.7 Å². The molecule has 2 rings (SSSR count). The van der Waals surface area contributed by atoms with Crippen LogP contribution in [0.1, 0.15) is 31.1 Å². The van der Waals surface area contributed by atoms with E-state index in [1.807, 2.05) is 0 Å². The maximum Gasteiger partial charge on any atom is 0.288 e. The largest absolute Gasteiger partial charge is 0.393 e. The molecule has 0 radical (unpaired) electrons. The van der Waals surface area contributed by atoms with Crippen LogP contribution in [0.5, 0.6) is 0 Å². The van der Waals surface area contributed by atoms with Gasteiger partial charge in [-0.15, -0.1) is 0 Å². The second kappa shape index (κ2) is 8.80. The Morgan fingerprint density at radius 3 is 2.61 bits per heavy atom. The molecule has 1 heterocycles. The van der Waals surface area contributed by atoms with Gasteiger partial charge in [0.15, 0.2) is 0 Å². The molecule has 0 aliphatic rings. The van der Waals surface area contributed by atoms with Crippen LogP contribution in [0.2, 0.25) is 0 Å². The number of aliphatic hydroxyl groups is 1. The van der Waals surface area contributed by atoms with Crippen molar-refractivity contribution in [2.45, 2.75) is 32.9 Å². The number of pyridine rings is 1. The Hall–Kier alpha value is -2.30. The van der Waals surface area contributed by atoms with Gasteiger partial charge in [-0.05, 0) is 39.0 Å². The molecule has 0 aliphatic heterocycles. The molecule has 0 saturated heterocycles. The van der Waals surface area contributed by atoms with Gasteiger partial charge in [-0.2, -0.15) is 4.39 Å². The lowest BCUT2D eigenvalue weighted by Gasteiger charge is -2.22. The SMILES string of the molecule is CCn1cc(C(=O)NOC(C)(C)CO)c(Nc2ccc(Br)cc2F)c(F)c1=O. The molecule has 1 aromatic carbocycles. The summed E-state index contributed by atoms with van der Waals surface area (Å²) in [6.07, 6.45) is 1.15. The topological polar surface area (TPSA) is 92.6 Å². The Bertz CT molecular complexity index is 947. The fourth-order valence-corrected chi connectivity index (χ4v) is 2.49. The van der Waals surface area contributed by atoms with Crippen molar-refractivity contribution >= 4 is 33.2 Å². The number of benzene rings is 1. The van der Waals surface area contributed by atoms with Crippen molar-refractivity contribution in [3.05, 3.63) is 56.4 Å². The van der Waals surface area contributed by atoms with Crippen molar-refractivity contribution in [3.63, 3.8) is 0 Å². The van der Waals surface area contributed by atoms with Gasteiger partial charge in [-0.3, -0.25) is 14.4 Å². The number of rotatable bonds is 7. The predicted molar refractivity (Wildman–Crippen MR) is 103 cm³/mol. The number of carbonyl (C=O) groups is 1. The summed E-state index contributed by atoms with van der Waals surface area (Å²) in [5.41, 5.74) is -0.810. The fraction of sp³-hybridized carbons (Fsp3) is 0.333. The normalized spacial score (nSPS) is 11.4. The van der Waals surface area contributed by atoms with Crippen LogP contribution >= 0.6 is 15.9 Å². The lowest BCUT2D eigenvalue weighted by atomic mass is 10.1. The van der Waals surface area contributed by atoms with E-state index >= 15 is 0 Å². The third kappa shape index (κ3) is 4.94. The van der Waals surface area contributed by atoms with E-state index in [1.165, 1.54) is 26.0 Å². The van der Waals surface area contributed by atoms with E-state index in [9.17, 15) is 23.5 Å². The summed E-state index contributed by atoms with van der Waals surface area (Å²) in [7, 11) is 0. The molecule has 2 aromatic rings. The first kappa shape index (κ1) is 22.0. The Morgan fingerprint density at radius 2 is 2.04 bits per heavy atom. The van der Waals surface area contributed by atoms with Crippen LogP contribution in [0.15, 0.2) is 33.7 Å². The molecular weight excluding hydrogens is 440 g/mol. The summed E-state index contributed by atoms with van der Waals surface area (Å²) >= 11 is 3.11. The van der Waals surface area contributed by atoms with E-state index in [4.69, 9.17) is 4.84 Å². The third-order valence-corrected chi connectivity index (χ3v) is 4.29. The Labute approximate surface area is 168 Å². The van der Waals surface area contributed by atoms with Crippen LogP contribution in [-0.4, -0.2) is 27.8 Å². The molecule has 0 fully saturated rings. The molecule has 0 spiro atoms. The van der Waals surface area contributed by atoms with Gasteiger partial charge < -0.3 is 15.0 Å². The maximum absolute atomic E-state index is 14.7. The lowest BCUT2D eigenvalue weighted by Crippen LogP contribution is -2.39. The van der Waals surface area contributed by atoms with Gasteiger partial charge in [0, 0.05) is 17.2 Å². The van der Waals surface area contributed by atoms with Gasteiger partial charge in [-0.25, -0.2) is 9.87 Å². The van der Waals surface area contributed by atoms with Crippen molar-refractivity contribution < 1.29 is 23.5 Å². The number of halogens is 3. The van der Waals surface area contributed by atoms with Crippen LogP contribution in [-0.2, 0) is 11.4 Å². The molecular formula is C18H20BrF2N3O4. The second-order valence-electron chi connectivity index (χ2n) is 6.52. The number of aromatic nitrogens is 1. The second-order valence-corrected chi connectivity index (χ2v) is 7.44. The van der Waals surface area contributed by atoms with E-state index in [1.54, 1.807) is 6.92 Å². The maximum atomic E-state index is 14.7. The number of aliphatic hydroxyl groups excluding tert-OH is 1. The summed E-state index contributed by atoms with van der Waals surface area (Å²) in [5, 5.41) is 11.7. The first-order valence-electron chi connectivity index (χ1n) is 8.34. The molecule has 0 atom stereocenters. The summed E-state index contributed by atoms with van der Waals surface area (Å²) in [5.74, 6) is -2.82. The molecule has 10 heteroatoms. The van der Waals surface area contributed by atoms with Crippen LogP contribution in [0, 0.1) is 11.6 Å². The Kier molecular flexibility index (Phi) is 6.91. The summed E-state index contributed by atoms with van der Waals surface area (Å²) in [6, 6.07) is 4.00. The molecule has 3 N–H and O–H groups in total. The standard InChI is InChI=1S/C18H20BrF2N3O4/c1-4-24-8-11(16(26)23-28-18(2,3)9-25)15(14(21)17(24)27)22-13-6-5-10(19)7-12(13)20/h5-8,22,25H,4,9H2,1-3H3,(H,23,26). The summed E-state index contributed by atoms with van der Waals surface area (Å²) < 4.78 is 30.3. The van der Waals surface area contributed by atoms with Crippen LogP contribution < -0.4 is 16.4 Å². The number of anilines is 2. The number of nitrogens with one attached hydrogen (secondary N) is 2. The average molecular weight is 460 g/mol. The zero-order chi connectivity index (χ0) is 21.1. The van der Waals surface area contributed by atoms with Crippen LogP contribution in [0.4, 0.5) is 20.2 Å². The lowest BCUT2D eigenvalue weighted by molar-refractivity contribution is -0.0956. The molecule has 0 saturated carbocycles.